The number of rotatable bonds is 4. The average molecular weight is 274 g/mol. The summed E-state index contributed by atoms with van der Waals surface area (Å²) in [5.41, 5.74) is 0. The molecule has 2 saturated carbocycles. The molecular weight excluding hydrogens is 248 g/mol. The molecule has 0 aromatic rings. The van der Waals surface area contributed by atoms with E-state index in [-0.39, 0.29) is 0 Å². The summed E-state index contributed by atoms with van der Waals surface area (Å²) in [4.78, 5) is 0. The molecule has 2 fully saturated rings. The second-order valence-corrected chi connectivity index (χ2v) is 9.10. The molecule has 0 heterocycles. The van der Waals surface area contributed by atoms with Crippen LogP contribution >= 0.6 is 24.1 Å². The second-order valence-electron chi connectivity index (χ2n) is 6.26. The van der Waals surface area contributed by atoms with Crippen molar-refractivity contribution >= 4 is 24.1 Å². The van der Waals surface area contributed by atoms with Crippen LogP contribution in [0.25, 0.3) is 0 Å². The molecule has 0 aromatic carbocycles. The van der Waals surface area contributed by atoms with Crippen molar-refractivity contribution in [1.82, 2.24) is 0 Å². The molecule has 0 aliphatic heterocycles. The van der Waals surface area contributed by atoms with Crippen molar-refractivity contribution in [3.63, 3.8) is 0 Å². The van der Waals surface area contributed by atoms with Gasteiger partial charge in [0, 0.05) is 33.6 Å². The van der Waals surface area contributed by atoms with E-state index in [1.54, 1.807) is 24.1 Å². The van der Waals surface area contributed by atoms with Crippen LogP contribution < -0.4 is 0 Å². The van der Waals surface area contributed by atoms with Gasteiger partial charge in [-0.15, -0.1) is 0 Å². The summed E-state index contributed by atoms with van der Waals surface area (Å²) < 4.78 is 6.72. The molecule has 0 spiro atoms. The molecule has 0 N–H and O–H groups in total. The summed E-state index contributed by atoms with van der Waals surface area (Å²) in [5, 5.41) is 0. The van der Waals surface area contributed by atoms with Gasteiger partial charge < -0.3 is 0 Å². The third-order valence-electron chi connectivity index (χ3n) is 4.29. The molecule has 0 atom stereocenters. The van der Waals surface area contributed by atoms with E-state index < -0.39 is 0 Å². The Bertz CT molecular complexity index is 206. The second kappa shape index (κ2) is 6.21. The molecule has 2 aliphatic carbocycles. The van der Waals surface area contributed by atoms with Gasteiger partial charge in [0.15, 0.2) is 0 Å². The molecule has 17 heavy (non-hydrogen) atoms. The van der Waals surface area contributed by atoms with Crippen molar-refractivity contribution in [1.29, 1.82) is 0 Å². The SMILES string of the molecule is CC1(SOSC2(C)CCCCC2)CCCCC1. The van der Waals surface area contributed by atoms with E-state index >= 15 is 0 Å². The lowest BCUT2D eigenvalue weighted by atomic mass is 9.90. The van der Waals surface area contributed by atoms with Crippen molar-refractivity contribution in [3.05, 3.63) is 0 Å². The van der Waals surface area contributed by atoms with Crippen LogP contribution in [0.1, 0.15) is 78.1 Å². The fourth-order valence-corrected chi connectivity index (χ4v) is 5.31. The molecule has 0 amide bonds. The first-order chi connectivity index (χ1) is 8.12. The van der Waals surface area contributed by atoms with Crippen LogP contribution in [0.5, 0.6) is 0 Å². The van der Waals surface area contributed by atoms with Crippen LogP contribution in [0.15, 0.2) is 0 Å². The van der Waals surface area contributed by atoms with Crippen molar-refractivity contribution in [3.8, 4) is 0 Å². The van der Waals surface area contributed by atoms with E-state index in [4.69, 9.17) is 3.63 Å². The van der Waals surface area contributed by atoms with Gasteiger partial charge in [-0.2, -0.15) is 0 Å². The van der Waals surface area contributed by atoms with E-state index in [1.807, 2.05) is 0 Å². The highest BCUT2D eigenvalue weighted by atomic mass is 32.2. The predicted octanol–water partition coefficient (Wildman–Crippen LogP) is 5.75. The highest BCUT2D eigenvalue weighted by molar-refractivity contribution is 8.09. The molecule has 2 aliphatic rings. The summed E-state index contributed by atoms with van der Waals surface area (Å²) in [7, 11) is 0. The van der Waals surface area contributed by atoms with Crippen LogP contribution in [0.2, 0.25) is 0 Å². The first-order valence-corrected chi connectivity index (χ1v) is 8.64. The zero-order valence-corrected chi connectivity index (χ0v) is 12.9. The number of hydrogen-bond donors (Lipinski definition) is 0. The van der Waals surface area contributed by atoms with E-state index in [1.165, 1.54) is 64.2 Å². The smallest absolute Gasteiger partial charge is 0.0407 e. The van der Waals surface area contributed by atoms with Crippen LogP contribution in [-0.4, -0.2) is 9.49 Å². The van der Waals surface area contributed by atoms with Gasteiger partial charge in [-0.25, -0.2) is 3.63 Å². The summed E-state index contributed by atoms with van der Waals surface area (Å²) in [6.45, 7) is 4.75. The Labute approximate surface area is 115 Å². The molecule has 1 nitrogen and oxygen atoms in total. The molecule has 0 unspecified atom stereocenters. The molecule has 2 rings (SSSR count). The van der Waals surface area contributed by atoms with E-state index in [0.717, 1.165) is 0 Å². The topological polar surface area (TPSA) is 9.23 Å². The maximum absolute atomic E-state index is 5.95. The Morgan fingerprint density at radius 1 is 0.647 bits per heavy atom. The minimum absolute atomic E-state index is 0.385. The standard InChI is InChI=1S/C14H26OS2/c1-13(9-5-3-6-10-13)16-15-17-14(2)11-7-4-8-12-14/h3-12H2,1-2H3. The highest BCUT2D eigenvalue weighted by Gasteiger charge is 2.32. The Hall–Kier alpha value is 0.660. The largest absolute Gasteiger partial charge is 0.246 e. The van der Waals surface area contributed by atoms with Crippen LogP contribution in [0.4, 0.5) is 0 Å². The summed E-state index contributed by atoms with van der Waals surface area (Å²) >= 11 is 3.51. The normalized spacial score (nSPS) is 27.9. The lowest BCUT2D eigenvalue weighted by Crippen LogP contribution is -2.26. The zero-order chi connectivity index (χ0) is 12.2. The van der Waals surface area contributed by atoms with Crippen LogP contribution in [-0.2, 0) is 3.63 Å². The summed E-state index contributed by atoms with van der Waals surface area (Å²) in [5.74, 6) is 0. The van der Waals surface area contributed by atoms with Crippen molar-refractivity contribution in [2.45, 2.75) is 87.5 Å². The maximum Gasteiger partial charge on any atom is 0.0407 e. The Balaban J connectivity index is 1.70. The van der Waals surface area contributed by atoms with Gasteiger partial charge in [0.05, 0.1) is 0 Å². The molecule has 3 heteroatoms. The van der Waals surface area contributed by atoms with Crippen LogP contribution in [0.3, 0.4) is 0 Å². The molecular formula is C14H26OS2. The number of hydrogen-bond acceptors (Lipinski definition) is 3. The summed E-state index contributed by atoms with van der Waals surface area (Å²) in [6.07, 6.45) is 13.7. The first-order valence-electron chi connectivity index (χ1n) is 7.16. The third kappa shape index (κ3) is 4.36. The predicted molar refractivity (Wildman–Crippen MR) is 79.2 cm³/mol. The lowest BCUT2D eigenvalue weighted by molar-refractivity contribution is 0.402. The quantitative estimate of drug-likeness (QED) is 0.604. The Kier molecular flexibility index (Phi) is 5.14. The van der Waals surface area contributed by atoms with Crippen molar-refractivity contribution < 1.29 is 3.63 Å². The van der Waals surface area contributed by atoms with E-state index in [0.29, 0.717) is 9.49 Å². The van der Waals surface area contributed by atoms with Crippen molar-refractivity contribution in [2.24, 2.45) is 0 Å². The monoisotopic (exact) mass is 274 g/mol. The van der Waals surface area contributed by atoms with Gasteiger partial charge in [-0.05, 0) is 39.5 Å². The lowest BCUT2D eigenvalue weighted by Gasteiger charge is -2.35. The molecule has 100 valence electrons. The molecule has 0 radical (unpaired) electrons. The Morgan fingerprint density at radius 3 is 1.35 bits per heavy atom. The zero-order valence-electron chi connectivity index (χ0n) is 11.3. The van der Waals surface area contributed by atoms with E-state index in [2.05, 4.69) is 13.8 Å². The van der Waals surface area contributed by atoms with Crippen molar-refractivity contribution in [2.75, 3.05) is 0 Å². The van der Waals surface area contributed by atoms with Gasteiger partial charge in [-0.1, -0.05) is 38.5 Å². The fourth-order valence-electron chi connectivity index (χ4n) is 2.95. The van der Waals surface area contributed by atoms with Gasteiger partial charge in [0.25, 0.3) is 0 Å². The first kappa shape index (κ1) is 14.1. The van der Waals surface area contributed by atoms with Gasteiger partial charge in [0.2, 0.25) is 0 Å². The van der Waals surface area contributed by atoms with Crippen LogP contribution in [0, 0.1) is 0 Å². The van der Waals surface area contributed by atoms with Gasteiger partial charge in [0.1, 0.15) is 0 Å². The average Bonchev–Trinajstić information content (AvgIpc) is 2.30. The minimum atomic E-state index is 0.385. The summed E-state index contributed by atoms with van der Waals surface area (Å²) in [6, 6.07) is 0. The fraction of sp³-hybridized carbons (Fsp3) is 1.00. The van der Waals surface area contributed by atoms with E-state index in [9.17, 15) is 0 Å². The minimum Gasteiger partial charge on any atom is -0.246 e. The van der Waals surface area contributed by atoms with Gasteiger partial charge >= 0.3 is 0 Å². The van der Waals surface area contributed by atoms with Gasteiger partial charge in [-0.3, -0.25) is 0 Å². The molecule has 0 saturated heterocycles. The maximum atomic E-state index is 5.95. The third-order valence-corrected chi connectivity index (χ3v) is 6.46. The highest BCUT2D eigenvalue weighted by Crippen LogP contribution is 2.47. The molecule has 0 bridgehead atoms. The molecule has 0 aromatic heterocycles. The Morgan fingerprint density at radius 2 is 1.00 bits per heavy atom.